The van der Waals surface area contributed by atoms with Crippen LogP contribution in [0, 0.1) is 12.7 Å². The van der Waals surface area contributed by atoms with Crippen LogP contribution in [0.1, 0.15) is 32.4 Å². The summed E-state index contributed by atoms with van der Waals surface area (Å²) in [6.07, 6.45) is -1.01. The lowest BCUT2D eigenvalue weighted by Crippen LogP contribution is -2.21. The third-order valence-electron chi connectivity index (χ3n) is 4.77. The molecule has 1 heterocycles. The molecule has 1 atom stereocenters. The van der Waals surface area contributed by atoms with Gasteiger partial charge in [0.25, 0.3) is 0 Å². The fourth-order valence-corrected chi connectivity index (χ4v) is 3.26. The van der Waals surface area contributed by atoms with Gasteiger partial charge in [0.15, 0.2) is 0 Å². The van der Waals surface area contributed by atoms with Crippen molar-refractivity contribution in [3.05, 3.63) is 114 Å². The molecular formula is C24H18FN2O3. The van der Waals surface area contributed by atoms with Gasteiger partial charge in [0.05, 0.1) is 17.5 Å². The van der Waals surface area contributed by atoms with E-state index in [0.29, 0.717) is 16.9 Å². The number of hydrogen-bond donors (Lipinski definition) is 3. The molecule has 3 N–H and O–H groups in total. The van der Waals surface area contributed by atoms with Crippen LogP contribution in [0.5, 0.6) is 0 Å². The minimum Gasteiger partial charge on any atom is -0.388 e. The summed E-state index contributed by atoms with van der Waals surface area (Å²) in [5, 5.41) is 15.9. The Labute approximate surface area is 172 Å². The molecular weight excluding hydrogens is 383 g/mol. The van der Waals surface area contributed by atoms with E-state index < -0.39 is 23.5 Å². The molecule has 0 saturated carbocycles. The number of para-hydroxylation sites is 2. The Morgan fingerprint density at radius 1 is 0.833 bits per heavy atom. The molecule has 149 valence electrons. The monoisotopic (exact) mass is 401 g/mol. The van der Waals surface area contributed by atoms with Crippen molar-refractivity contribution in [2.24, 2.45) is 0 Å². The number of rotatable bonds is 5. The number of carbonyl (C=O) groups excluding carboxylic acids is 2. The number of anilines is 2. The SMILES string of the molecule is [CH2]C(O)c1cccc(C(=O)C(C(=O)c2cccc(F)c2)=C2Nc3ccccc3N2)c1. The summed E-state index contributed by atoms with van der Waals surface area (Å²) < 4.78 is 13.7. The normalized spacial score (nSPS) is 13.1. The zero-order valence-electron chi connectivity index (χ0n) is 15.9. The molecule has 5 nitrogen and oxygen atoms in total. The van der Waals surface area contributed by atoms with E-state index in [1.165, 1.54) is 24.3 Å². The minimum atomic E-state index is -1.01. The molecule has 0 bridgehead atoms. The lowest BCUT2D eigenvalue weighted by molar-refractivity contribution is 0.0961. The third kappa shape index (κ3) is 3.73. The number of benzene rings is 3. The van der Waals surface area contributed by atoms with Crippen LogP contribution in [0.25, 0.3) is 0 Å². The molecule has 0 fully saturated rings. The van der Waals surface area contributed by atoms with Crippen molar-refractivity contribution in [1.82, 2.24) is 0 Å². The largest absolute Gasteiger partial charge is 0.388 e. The van der Waals surface area contributed by atoms with Gasteiger partial charge < -0.3 is 15.7 Å². The molecule has 3 aromatic carbocycles. The summed E-state index contributed by atoms with van der Waals surface area (Å²) in [5.74, 6) is -1.54. The summed E-state index contributed by atoms with van der Waals surface area (Å²) in [6.45, 7) is 3.55. The predicted octanol–water partition coefficient (Wildman–Crippen LogP) is 4.51. The van der Waals surface area contributed by atoms with E-state index in [1.807, 2.05) is 24.3 Å². The van der Waals surface area contributed by atoms with Crippen LogP contribution >= 0.6 is 0 Å². The van der Waals surface area contributed by atoms with Gasteiger partial charge in [-0.15, -0.1) is 0 Å². The Hall–Kier alpha value is -3.77. The van der Waals surface area contributed by atoms with E-state index in [1.54, 1.807) is 18.2 Å². The number of nitrogens with one attached hydrogen (secondary N) is 2. The molecule has 0 amide bonds. The van der Waals surface area contributed by atoms with Crippen molar-refractivity contribution >= 4 is 22.9 Å². The Morgan fingerprint density at radius 3 is 1.97 bits per heavy atom. The van der Waals surface area contributed by atoms with Gasteiger partial charge in [-0.1, -0.05) is 42.5 Å². The molecule has 1 aliphatic heterocycles. The van der Waals surface area contributed by atoms with Crippen molar-refractivity contribution in [3.8, 4) is 0 Å². The van der Waals surface area contributed by atoms with E-state index in [2.05, 4.69) is 17.6 Å². The summed E-state index contributed by atoms with van der Waals surface area (Å²) in [6, 6.07) is 18.7. The summed E-state index contributed by atoms with van der Waals surface area (Å²) >= 11 is 0. The number of carbonyl (C=O) groups is 2. The molecule has 1 unspecified atom stereocenters. The fraction of sp³-hybridized carbons (Fsp3) is 0.0417. The molecule has 6 heteroatoms. The third-order valence-corrected chi connectivity index (χ3v) is 4.77. The molecule has 0 saturated heterocycles. The first-order chi connectivity index (χ1) is 14.4. The van der Waals surface area contributed by atoms with Gasteiger partial charge >= 0.3 is 0 Å². The van der Waals surface area contributed by atoms with Crippen LogP contribution in [0.3, 0.4) is 0 Å². The standard InChI is InChI=1S/C24H18FN2O3/c1-14(28)15-6-4-7-16(12-15)22(29)21(23(30)17-8-5-9-18(25)13-17)24-26-19-10-2-3-11-20(19)27-24/h2-14,26-28H,1H2. The highest BCUT2D eigenvalue weighted by Gasteiger charge is 2.29. The minimum absolute atomic E-state index is 0.0544. The Kier molecular flexibility index (Phi) is 5.16. The van der Waals surface area contributed by atoms with E-state index in [0.717, 1.165) is 6.07 Å². The van der Waals surface area contributed by atoms with Crippen molar-refractivity contribution in [1.29, 1.82) is 0 Å². The number of aliphatic hydroxyl groups excluding tert-OH is 1. The highest BCUT2D eigenvalue weighted by Crippen LogP contribution is 2.32. The Balaban J connectivity index is 1.83. The van der Waals surface area contributed by atoms with E-state index >= 15 is 0 Å². The van der Waals surface area contributed by atoms with Gasteiger partial charge in [0.2, 0.25) is 11.6 Å². The van der Waals surface area contributed by atoms with E-state index in [4.69, 9.17) is 0 Å². The summed E-state index contributed by atoms with van der Waals surface area (Å²) in [5.41, 5.74) is 1.98. The number of aliphatic hydroxyl groups is 1. The maximum absolute atomic E-state index is 13.7. The number of hydrogen-bond acceptors (Lipinski definition) is 5. The second-order valence-electron chi connectivity index (χ2n) is 6.86. The van der Waals surface area contributed by atoms with Gasteiger partial charge in [-0.05, 0) is 42.8 Å². The first-order valence-electron chi connectivity index (χ1n) is 9.27. The molecule has 0 aliphatic carbocycles. The summed E-state index contributed by atoms with van der Waals surface area (Å²) in [4.78, 5) is 26.7. The molecule has 4 rings (SSSR count). The van der Waals surface area contributed by atoms with Crippen LogP contribution in [-0.4, -0.2) is 16.7 Å². The summed E-state index contributed by atoms with van der Waals surface area (Å²) in [7, 11) is 0. The average Bonchev–Trinajstić information content (AvgIpc) is 3.17. The number of fused-ring (bicyclic) bond motifs is 1. The quantitative estimate of drug-likeness (QED) is 0.254. The van der Waals surface area contributed by atoms with Gasteiger partial charge in [-0.2, -0.15) is 0 Å². The molecule has 30 heavy (non-hydrogen) atoms. The van der Waals surface area contributed by atoms with Crippen molar-refractivity contribution in [2.45, 2.75) is 6.10 Å². The molecule has 0 spiro atoms. The van der Waals surface area contributed by atoms with Crippen molar-refractivity contribution in [2.75, 3.05) is 10.6 Å². The smallest absolute Gasteiger partial charge is 0.200 e. The molecule has 1 aliphatic rings. The second kappa shape index (κ2) is 7.93. The Bertz CT molecular complexity index is 1160. The first-order valence-corrected chi connectivity index (χ1v) is 9.27. The zero-order valence-corrected chi connectivity index (χ0v) is 15.9. The highest BCUT2D eigenvalue weighted by atomic mass is 19.1. The van der Waals surface area contributed by atoms with Crippen LogP contribution in [-0.2, 0) is 0 Å². The number of ketones is 2. The van der Waals surface area contributed by atoms with Gasteiger partial charge in [-0.25, -0.2) is 4.39 Å². The van der Waals surface area contributed by atoms with Gasteiger partial charge in [0.1, 0.15) is 17.2 Å². The van der Waals surface area contributed by atoms with Crippen LogP contribution in [0.15, 0.2) is 84.2 Å². The van der Waals surface area contributed by atoms with Crippen molar-refractivity contribution in [3.63, 3.8) is 0 Å². The average molecular weight is 401 g/mol. The van der Waals surface area contributed by atoms with Crippen molar-refractivity contribution < 1.29 is 19.1 Å². The predicted molar refractivity (Wildman–Crippen MR) is 113 cm³/mol. The van der Waals surface area contributed by atoms with E-state index in [9.17, 15) is 19.1 Å². The van der Waals surface area contributed by atoms with Crippen LogP contribution in [0.4, 0.5) is 15.8 Å². The number of Topliss-reactive ketones (excluding diaryl/α,β-unsaturated/α-hetero) is 2. The molecule has 3 aromatic rings. The highest BCUT2D eigenvalue weighted by molar-refractivity contribution is 6.32. The van der Waals surface area contributed by atoms with Crippen LogP contribution in [0.2, 0.25) is 0 Å². The topological polar surface area (TPSA) is 78.4 Å². The lowest BCUT2D eigenvalue weighted by atomic mass is 9.94. The number of halogens is 1. The van der Waals surface area contributed by atoms with E-state index in [-0.39, 0.29) is 22.5 Å². The molecule has 0 aromatic heterocycles. The zero-order chi connectivity index (χ0) is 21.3. The lowest BCUT2D eigenvalue weighted by Gasteiger charge is -2.12. The Morgan fingerprint density at radius 2 is 1.40 bits per heavy atom. The molecule has 1 radical (unpaired) electrons. The first kappa shape index (κ1) is 19.5. The van der Waals surface area contributed by atoms with Crippen LogP contribution < -0.4 is 10.6 Å². The maximum atomic E-state index is 13.7. The number of allylic oxidation sites excluding steroid dienone is 1. The van der Waals surface area contributed by atoms with Gasteiger partial charge in [0, 0.05) is 11.1 Å². The fourth-order valence-electron chi connectivity index (χ4n) is 3.26. The second-order valence-corrected chi connectivity index (χ2v) is 6.86. The van der Waals surface area contributed by atoms with Gasteiger partial charge in [-0.3, -0.25) is 9.59 Å². The maximum Gasteiger partial charge on any atom is 0.200 e.